The second-order valence-corrected chi connectivity index (χ2v) is 5.05. The van der Waals surface area contributed by atoms with E-state index in [1.165, 1.54) is 17.0 Å². The van der Waals surface area contributed by atoms with E-state index in [1.54, 1.807) is 7.05 Å². The van der Waals surface area contributed by atoms with Crippen LogP contribution in [0.15, 0.2) is 12.1 Å². The van der Waals surface area contributed by atoms with Crippen LogP contribution in [0.4, 0.5) is 14.5 Å². The van der Waals surface area contributed by atoms with Gasteiger partial charge in [-0.05, 0) is 44.0 Å². The van der Waals surface area contributed by atoms with E-state index in [0.29, 0.717) is 25.1 Å². The maximum atomic E-state index is 14.2. The van der Waals surface area contributed by atoms with E-state index in [1.807, 2.05) is 0 Å². The van der Waals surface area contributed by atoms with Crippen LogP contribution in [0, 0.1) is 11.6 Å². The smallest absolute Gasteiger partial charge is 0.240 e. The van der Waals surface area contributed by atoms with Gasteiger partial charge in [0.2, 0.25) is 5.91 Å². The Morgan fingerprint density at radius 1 is 1.40 bits per heavy atom. The average molecular weight is 283 g/mol. The summed E-state index contributed by atoms with van der Waals surface area (Å²) in [5.74, 6) is -1.84. The molecule has 1 heterocycles. The Labute approximate surface area is 116 Å². The van der Waals surface area contributed by atoms with Gasteiger partial charge < -0.3 is 16.0 Å². The molecule has 1 aromatic carbocycles. The molecule has 0 saturated carbocycles. The lowest BCUT2D eigenvalue weighted by atomic mass is 10.00. The Morgan fingerprint density at radius 3 is 2.60 bits per heavy atom. The molecule has 6 heteroatoms. The van der Waals surface area contributed by atoms with Crippen molar-refractivity contribution in [3.05, 3.63) is 29.3 Å². The summed E-state index contributed by atoms with van der Waals surface area (Å²) in [6.45, 7) is 0.820. The molecular weight excluding hydrogens is 264 g/mol. The van der Waals surface area contributed by atoms with Crippen LogP contribution >= 0.6 is 0 Å². The van der Waals surface area contributed by atoms with Gasteiger partial charge in [-0.25, -0.2) is 8.78 Å². The summed E-state index contributed by atoms with van der Waals surface area (Å²) in [5.41, 5.74) is 5.72. The second kappa shape index (κ2) is 6.17. The molecule has 0 spiro atoms. The Balaban J connectivity index is 2.37. The number of rotatable bonds is 4. The number of nitrogens with zero attached hydrogens (tertiary/aromatic N) is 1. The summed E-state index contributed by atoms with van der Waals surface area (Å²) in [4.78, 5) is 12.9. The summed E-state index contributed by atoms with van der Waals surface area (Å²) in [6, 6.07) is 1.95. The van der Waals surface area contributed by atoms with E-state index >= 15 is 0 Å². The first-order valence-electron chi connectivity index (χ1n) is 6.73. The lowest BCUT2D eigenvalue weighted by molar-refractivity contribution is -0.119. The highest BCUT2D eigenvalue weighted by Gasteiger charge is 2.30. The van der Waals surface area contributed by atoms with Gasteiger partial charge in [0.05, 0.1) is 0 Å². The molecule has 0 aromatic heterocycles. The lowest BCUT2D eigenvalue weighted by Gasteiger charge is -2.36. The van der Waals surface area contributed by atoms with Gasteiger partial charge in [0.15, 0.2) is 0 Å². The zero-order valence-electron chi connectivity index (χ0n) is 11.5. The molecule has 0 bridgehead atoms. The Bertz CT molecular complexity index is 484. The number of anilines is 1. The fourth-order valence-corrected chi connectivity index (χ4v) is 2.69. The third-order valence-electron chi connectivity index (χ3n) is 3.58. The predicted molar refractivity (Wildman–Crippen MR) is 73.3 cm³/mol. The van der Waals surface area contributed by atoms with Crippen molar-refractivity contribution in [2.75, 3.05) is 18.5 Å². The standard InChI is InChI=1S/C14H19F2N3O/c1-18-8-9-6-10(15)13(11(16)7-9)19-5-3-2-4-12(19)14(17)20/h6-7,12,18H,2-5,8H2,1H3,(H2,17,20). The van der Waals surface area contributed by atoms with Crippen molar-refractivity contribution in [1.29, 1.82) is 0 Å². The van der Waals surface area contributed by atoms with E-state index in [0.717, 1.165) is 12.8 Å². The minimum Gasteiger partial charge on any atom is -0.368 e. The van der Waals surface area contributed by atoms with Crippen LogP contribution in [-0.4, -0.2) is 25.5 Å². The topological polar surface area (TPSA) is 58.4 Å². The second-order valence-electron chi connectivity index (χ2n) is 5.05. The fraction of sp³-hybridized carbons (Fsp3) is 0.500. The van der Waals surface area contributed by atoms with Crippen LogP contribution in [0.5, 0.6) is 0 Å². The number of hydrogen-bond acceptors (Lipinski definition) is 3. The molecule has 0 radical (unpaired) electrons. The Kier molecular flexibility index (Phi) is 4.54. The number of nitrogens with one attached hydrogen (secondary N) is 1. The van der Waals surface area contributed by atoms with Crippen LogP contribution in [0.2, 0.25) is 0 Å². The maximum Gasteiger partial charge on any atom is 0.240 e. The number of piperidine rings is 1. The van der Waals surface area contributed by atoms with Gasteiger partial charge in [-0.2, -0.15) is 0 Å². The third kappa shape index (κ3) is 2.90. The molecule has 1 aliphatic rings. The molecule has 1 aliphatic heterocycles. The summed E-state index contributed by atoms with van der Waals surface area (Å²) in [6.07, 6.45) is 2.17. The number of benzene rings is 1. The largest absolute Gasteiger partial charge is 0.368 e. The molecule has 20 heavy (non-hydrogen) atoms. The van der Waals surface area contributed by atoms with Crippen molar-refractivity contribution in [3.63, 3.8) is 0 Å². The highest BCUT2D eigenvalue weighted by Crippen LogP contribution is 2.30. The highest BCUT2D eigenvalue weighted by atomic mass is 19.1. The number of carbonyl (C=O) groups excluding carboxylic acids is 1. The van der Waals surface area contributed by atoms with E-state index in [4.69, 9.17) is 5.73 Å². The van der Waals surface area contributed by atoms with Crippen molar-refractivity contribution in [1.82, 2.24) is 5.32 Å². The molecule has 1 amide bonds. The summed E-state index contributed by atoms with van der Waals surface area (Å²) in [7, 11) is 1.71. The summed E-state index contributed by atoms with van der Waals surface area (Å²) in [5, 5.41) is 2.84. The van der Waals surface area contributed by atoms with Gasteiger partial charge in [-0.15, -0.1) is 0 Å². The first-order chi connectivity index (χ1) is 9.54. The van der Waals surface area contributed by atoms with E-state index in [2.05, 4.69) is 5.32 Å². The third-order valence-corrected chi connectivity index (χ3v) is 3.58. The molecule has 0 aliphatic carbocycles. The molecule has 110 valence electrons. The number of nitrogens with two attached hydrogens (primary N) is 1. The zero-order valence-corrected chi connectivity index (χ0v) is 11.5. The molecule has 4 nitrogen and oxygen atoms in total. The van der Waals surface area contributed by atoms with E-state index in [9.17, 15) is 13.6 Å². The monoisotopic (exact) mass is 283 g/mol. The molecule has 1 saturated heterocycles. The van der Waals surface area contributed by atoms with Gasteiger partial charge in [0.25, 0.3) is 0 Å². The normalized spacial score (nSPS) is 19.1. The number of halogens is 2. The molecule has 1 aromatic rings. The van der Waals surface area contributed by atoms with Gasteiger partial charge in [-0.3, -0.25) is 4.79 Å². The molecule has 1 atom stereocenters. The number of amides is 1. The van der Waals surface area contributed by atoms with Gasteiger partial charge in [0, 0.05) is 13.1 Å². The van der Waals surface area contributed by atoms with Crippen LogP contribution in [0.25, 0.3) is 0 Å². The SMILES string of the molecule is CNCc1cc(F)c(N2CCCCC2C(N)=O)c(F)c1. The van der Waals surface area contributed by atoms with Gasteiger partial charge in [0.1, 0.15) is 23.4 Å². The van der Waals surface area contributed by atoms with Crippen LogP contribution in [-0.2, 0) is 11.3 Å². The first kappa shape index (κ1) is 14.7. The molecule has 2 rings (SSSR count). The minimum absolute atomic E-state index is 0.145. The van der Waals surface area contributed by atoms with Crippen molar-refractivity contribution in [2.45, 2.75) is 31.8 Å². The van der Waals surface area contributed by atoms with Crippen LogP contribution < -0.4 is 16.0 Å². The molecule has 3 N–H and O–H groups in total. The lowest BCUT2D eigenvalue weighted by Crippen LogP contribution is -2.48. The van der Waals surface area contributed by atoms with Crippen LogP contribution in [0.3, 0.4) is 0 Å². The highest BCUT2D eigenvalue weighted by molar-refractivity contribution is 5.84. The van der Waals surface area contributed by atoms with Crippen molar-refractivity contribution >= 4 is 11.6 Å². The van der Waals surface area contributed by atoms with Crippen molar-refractivity contribution in [2.24, 2.45) is 5.73 Å². The molecular formula is C14H19F2N3O. The van der Waals surface area contributed by atoms with Gasteiger partial charge in [-0.1, -0.05) is 0 Å². The quantitative estimate of drug-likeness (QED) is 0.881. The Hall–Kier alpha value is -1.69. The number of primary amides is 1. The zero-order chi connectivity index (χ0) is 14.7. The maximum absolute atomic E-state index is 14.2. The molecule has 1 fully saturated rings. The Morgan fingerprint density at radius 2 is 2.05 bits per heavy atom. The minimum atomic E-state index is -0.650. The van der Waals surface area contributed by atoms with Crippen molar-refractivity contribution in [3.8, 4) is 0 Å². The van der Waals surface area contributed by atoms with E-state index in [-0.39, 0.29) is 5.69 Å². The number of hydrogen-bond donors (Lipinski definition) is 2. The van der Waals surface area contributed by atoms with Crippen molar-refractivity contribution < 1.29 is 13.6 Å². The molecule has 1 unspecified atom stereocenters. The number of carbonyl (C=O) groups is 1. The van der Waals surface area contributed by atoms with Gasteiger partial charge >= 0.3 is 0 Å². The fourth-order valence-electron chi connectivity index (χ4n) is 2.69. The van der Waals surface area contributed by atoms with E-state index < -0.39 is 23.6 Å². The average Bonchev–Trinajstić information content (AvgIpc) is 2.38. The summed E-state index contributed by atoms with van der Waals surface area (Å²) >= 11 is 0. The van der Waals surface area contributed by atoms with Crippen LogP contribution in [0.1, 0.15) is 24.8 Å². The predicted octanol–water partition coefficient (Wildman–Crippen LogP) is 1.53. The summed E-state index contributed by atoms with van der Waals surface area (Å²) < 4.78 is 28.4. The first-order valence-corrected chi connectivity index (χ1v) is 6.73.